The summed E-state index contributed by atoms with van der Waals surface area (Å²) in [7, 11) is 0. The van der Waals surface area contributed by atoms with Crippen molar-refractivity contribution in [2.24, 2.45) is 23.1 Å². The number of nitrogens with one attached hydrogen (secondary N) is 8. The summed E-state index contributed by atoms with van der Waals surface area (Å²) in [5.41, 5.74) is 17.7. The van der Waals surface area contributed by atoms with E-state index in [2.05, 4.69) is 42.5 Å². The van der Waals surface area contributed by atoms with Crippen molar-refractivity contribution in [3.8, 4) is 11.5 Å². The highest BCUT2D eigenvalue weighted by molar-refractivity contribution is 5.99. The Morgan fingerprint density at radius 1 is 0.563 bits per heavy atom. The smallest absolute Gasteiger partial charge is 0.326 e. The third-order valence-corrected chi connectivity index (χ3v) is 14.4. The number of hydrogen-bond donors (Lipinski definition) is 17. The minimum absolute atomic E-state index is 0.0278. The Morgan fingerprint density at radius 2 is 1.00 bits per heavy atom. The van der Waals surface area contributed by atoms with Gasteiger partial charge in [-0.1, -0.05) is 44.5 Å². The highest BCUT2D eigenvalue weighted by Crippen LogP contribution is 2.21. The van der Waals surface area contributed by atoms with Gasteiger partial charge in [0, 0.05) is 38.6 Å². The fourth-order valence-electron chi connectivity index (χ4n) is 9.12. The van der Waals surface area contributed by atoms with Crippen LogP contribution in [-0.2, 0) is 75.2 Å². The number of phenols is 2. The van der Waals surface area contributed by atoms with E-state index in [4.69, 9.17) is 22.3 Å². The number of likely N-dealkylation sites (tertiary alicyclic amines) is 1. The molecule has 1 heterocycles. The van der Waals surface area contributed by atoms with Crippen molar-refractivity contribution >= 4 is 77.0 Å². The highest BCUT2D eigenvalue weighted by atomic mass is 16.4. The van der Waals surface area contributed by atoms with E-state index < -0.39 is 182 Å². The van der Waals surface area contributed by atoms with Crippen LogP contribution in [0.15, 0.2) is 48.5 Å². The molecule has 1 saturated heterocycles. The topological polar surface area (TPSA) is 521 Å². The number of primary amides is 1. The van der Waals surface area contributed by atoms with E-state index in [0.717, 1.165) is 11.8 Å². The fraction of sp³-hybridized carbons (Fsp3) is 0.554. The van der Waals surface area contributed by atoms with Crippen LogP contribution in [-0.4, -0.2) is 192 Å². The van der Waals surface area contributed by atoms with Crippen LogP contribution in [0.4, 0.5) is 0 Å². The zero-order valence-corrected chi connectivity index (χ0v) is 48.8. The SMILES string of the molecule is CC[C@H](C)[C@H](NC(=O)[C@@H](Cc1ccc(O)cc1)NC(=O)[C@H](CCC(N)=O)NC(=O)[C@@H]1CCCN1C(=O)[C@@H](C)NC(=O)[C@H](CCC(=O)O)NC(=O)[C@H](NC(=O)[C@H](Cc1ccc(O)cc1)NC(=O)[C@@H](CCCN)NC(=O)[C@@H](N)CCC(=O)O)[C@@H](C)O)C(=O)O. The first kappa shape index (κ1) is 72.3. The standard InChI is InChI=1S/C56H82N12O19/c1-5-28(2)45(56(86)87)66-51(81)39(26-31-10-14-33(70)15-11-31)65-50(80)37(19-21-42(59)72)62-53(83)41-9-7-25-68(41)55(85)29(3)60-48(78)38(20-23-44(75)76)63-54(84)46(30(4)69)67-52(82)40(27-32-12-16-34(71)17-13-32)64-49(79)36(8-6-24-57)61-47(77)35(58)18-22-43(73)74/h10-17,28-30,35-41,45-46,69-71H,5-9,18-27,57-58H2,1-4H3,(H2,59,72)(H,60,78)(H,61,77)(H,62,83)(H,63,84)(H,64,79)(H,65,80)(H,66,81)(H,67,82)(H,73,74)(H,75,76)(H,86,87)/t28-,29+,30+,35-,36+,37-,38-,39+,40-,41-,45-,46+/m0/s1. The summed E-state index contributed by atoms with van der Waals surface area (Å²) < 4.78 is 0. The Balaban J connectivity index is 1.85. The maximum atomic E-state index is 14.2. The lowest BCUT2D eigenvalue weighted by atomic mass is 9.98. The van der Waals surface area contributed by atoms with Crippen molar-refractivity contribution in [1.29, 1.82) is 0 Å². The van der Waals surface area contributed by atoms with E-state index in [1.54, 1.807) is 13.8 Å². The van der Waals surface area contributed by atoms with Gasteiger partial charge in [0.2, 0.25) is 59.1 Å². The average Bonchev–Trinajstić information content (AvgIpc) is 4.26. The number of aliphatic hydroxyl groups is 1. The molecule has 31 heteroatoms. The highest BCUT2D eigenvalue weighted by Gasteiger charge is 2.40. The third-order valence-electron chi connectivity index (χ3n) is 14.4. The van der Waals surface area contributed by atoms with E-state index in [9.17, 15) is 87.9 Å². The van der Waals surface area contributed by atoms with Crippen LogP contribution in [0.5, 0.6) is 11.5 Å². The van der Waals surface area contributed by atoms with Crippen LogP contribution in [0.2, 0.25) is 0 Å². The van der Waals surface area contributed by atoms with E-state index >= 15 is 0 Å². The summed E-state index contributed by atoms with van der Waals surface area (Å²) in [5, 5.41) is 78.6. The molecule has 87 heavy (non-hydrogen) atoms. The number of nitrogens with two attached hydrogens (primary N) is 3. The summed E-state index contributed by atoms with van der Waals surface area (Å²) in [5.74, 6) is -14.6. The van der Waals surface area contributed by atoms with Gasteiger partial charge in [-0.05, 0) is 107 Å². The van der Waals surface area contributed by atoms with Crippen molar-refractivity contribution in [3.63, 3.8) is 0 Å². The van der Waals surface area contributed by atoms with Crippen molar-refractivity contribution < 1.29 is 93.0 Å². The lowest BCUT2D eigenvalue weighted by molar-refractivity contribution is -0.144. The van der Waals surface area contributed by atoms with Crippen LogP contribution >= 0.6 is 0 Å². The molecule has 2 aromatic carbocycles. The Labute approximate surface area is 501 Å². The molecule has 2 aromatic rings. The molecule has 20 N–H and O–H groups in total. The number of nitrogens with zero attached hydrogens (tertiary/aromatic N) is 1. The lowest BCUT2D eigenvalue weighted by Crippen LogP contribution is -2.62. The van der Waals surface area contributed by atoms with E-state index in [0.29, 0.717) is 17.5 Å². The number of aromatic hydroxyl groups is 2. The second-order valence-electron chi connectivity index (χ2n) is 21.3. The Hall–Kier alpha value is -8.97. The molecule has 0 radical (unpaired) electrons. The number of rotatable bonds is 37. The molecule has 12 atom stereocenters. The fourth-order valence-corrected chi connectivity index (χ4v) is 9.12. The van der Waals surface area contributed by atoms with Crippen LogP contribution in [0.25, 0.3) is 0 Å². The first-order chi connectivity index (χ1) is 41.0. The molecule has 31 nitrogen and oxygen atoms in total. The van der Waals surface area contributed by atoms with Crippen molar-refractivity contribution in [3.05, 3.63) is 59.7 Å². The number of carboxylic acid groups (broad SMARTS) is 3. The first-order valence-electron chi connectivity index (χ1n) is 28.3. The lowest BCUT2D eigenvalue weighted by Gasteiger charge is -2.30. The average molecular weight is 1230 g/mol. The number of phenolic OH excluding ortho intramolecular Hbond substituents is 2. The Morgan fingerprint density at radius 3 is 1.47 bits per heavy atom. The molecule has 0 spiro atoms. The number of amides is 10. The van der Waals surface area contributed by atoms with Crippen LogP contribution in [0.3, 0.4) is 0 Å². The van der Waals surface area contributed by atoms with E-state index in [1.807, 2.05) is 0 Å². The molecule has 0 bridgehead atoms. The molecular weight excluding hydrogens is 1140 g/mol. The van der Waals surface area contributed by atoms with Gasteiger partial charge >= 0.3 is 17.9 Å². The van der Waals surface area contributed by atoms with Crippen molar-refractivity contribution in [2.45, 2.75) is 178 Å². The summed E-state index contributed by atoms with van der Waals surface area (Å²) in [4.78, 5) is 173. The molecular formula is C56H82N12O19. The predicted molar refractivity (Wildman–Crippen MR) is 307 cm³/mol. The number of carbonyl (C=O) groups excluding carboxylic acids is 10. The predicted octanol–water partition coefficient (Wildman–Crippen LogP) is -3.65. The molecule has 3 rings (SSSR count). The van der Waals surface area contributed by atoms with Gasteiger partial charge in [0.05, 0.1) is 12.1 Å². The molecule has 0 aromatic heterocycles. The van der Waals surface area contributed by atoms with Crippen LogP contribution in [0.1, 0.15) is 109 Å². The van der Waals surface area contributed by atoms with Gasteiger partial charge in [0.15, 0.2) is 0 Å². The minimum atomic E-state index is -1.92. The molecule has 10 amide bonds. The van der Waals surface area contributed by atoms with E-state index in [-0.39, 0.29) is 69.5 Å². The number of carbonyl (C=O) groups is 13. The second kappa shape index (κ2) is 35.5. The maximum absolute atomic E-state index is 14.2. The molecule has 1 aliphatic rings. The molecule has 480 valence electrons. The molecule has 0 saturated carbocycles. The first-order valence-corrected chi connectivity index (χ1v) is 28.3. The number of aliphatic hydroxyl groups excluding tert-OH is 1. The summed E-state index contributed by atoms with van der Waals surface area (Å²) in [6.45, 7) is 5.64. The number of benzene rings is 2. The summed E-state index contributed by atoms with van der Waals surface area (Å²) in [6.07, 6.45) is -4.47. The maximum Gasteiger partial charge on any atom is 0.326 e. The van der Waals surface area contributed by atoms with Gasteiger partial charge in [0.25, 0.3) is 0 Å². The summed E-state index contributed by atoms with van der Waals surface area (Å²) in [6, 6.07) is -4.21. The van der Waals surface area contributed by atoms with Gasteiger partial charge in [-0.15, -0.1) is 0 Å². The van der Waals surface area contributed by atoms with Crippen molar-refractivity contribution in [1.82, 2.24) is 47.4 Å². The van der Waals surface area contributed by atoms with Crippen LogP contribution in [0, 0.1) is 5.92 Å². The Kier molecular flexibility index (Phi) is 29.5. The molecule has 0 aliphatic carbocycles. The molecule has 1 aliphatic heterocycles. The van der Waals surface area contributed by atoms with Crippen LogP contribution < -0.4 is 59.7 Å². The number of aliphatic carboxylic acids is 3. The van der Waals surface area contributed by atoms with Gasteiger partial charge in [-0.3, -0.25) is 57.5 Å². The quantitative estimate of drug-likeness (QED) is 0.0310. The zero-order valence-electron chi connectivity index (χ0n) is 48.8. The number of carboxylic acids is 3. The number of hydrogen-bond acceptors (Lipinski definition) is 18. The minimum Gasteiger partial charge on any atom is -0.508 e. The van der Waals surface area contributed by atoms with Gasteiger partial charge in [-0.2, -0.15) is 0 Å². The van der Waals surface area contributed by atoms with Gasteiger partial charge in [0.1, 0.15) is 65.9 Å². The second-order valence-corrected chi connectivity index (χ2v) is 21.3. The summed E-state index contributed by atoms with van der Waals surface area (Å²) >= 11 is 0. The molecule has 1 fully saturated rings. The Bertz CT molecular complexity index is 2750. The van der Waals surface area contributed by atoms with Gasteiger partial charge in [-0.25, -0.2) is 4.79 Å². The monoisotopic (exact) mass is 1230 g/mol. The van der Waals surface area contributed by atoms with E-state index in [1.165, 1.54) is 55.5 Å². The van der Waals surface area contributed by atoms with Crippen molar-refractivity contribution in [2.75, 3.05) is 13.1 Å². The zero-order chi connectivity index (χ0) is 65.2. The normalized spacial score (nSPS) is 16.6. The molecule has 0 unspecified atom stereocenters. The third kappa shape index (κ3) is 24.1. The largest absolute Gasteiger partial charge is 0.508 e. The van der Waals surface area contributed by atoms with Gasteiger partial charge < -0.3 is 95.3 Å².